The Kier molecular flexibility index (Phi) is 5.39. The van der Waals surface area contributed by atoms with Gasteiger partial charge in [0.1, 0.15) is 17.3 Å². The first-order valence-corrected chi connectivity index (χ1v) is 8.80. The largest absolute Gasteiger partial charge is 0.493 e. The molecule has 2 aliphatic heterocycles. The monoisotopic (exact) mass is 372 g/mol. The Balaban J connectivity index is 1.81. The highest BCUT2D eigenvalue weighted by molar-refractivity contribution is 6.15. The van der Waals surface area contributed by atoms with Crippen LogP contribution in [0.5, 0.6) is 5.75 Å². The van der Waals surface area contributed by atoms with Gasteiger partial charge in [-0.1, -0.05) is 13.8 Å². The molecular weight excluding hydrogens is 351 g/mol. The van der Waals surface area contributed by atoms with Crippen LogP contribution in [0, 0.1) is 5.92 Å². The molecule has 27 heavy (non-hydrogen) atoms. The van der Waals surface area contributed by atoms with E-state index in [4.69, 9.17) is 9.47 Å². The van der Waals surface area contributed by atoms with Crippen molar-refractivity contribution in [3.05, 3.63) is 53.8 Å². The van der Waals surface area contributed by atoms with Gasteiger partial charge in [-0.3, -0.25) is 4.79 Å². The van der Waals surface area contributed by atoms with E-state index < -0.39 is 23.6 Å². The Morgan fingerprint density at radius 2 is 2.00 bits per heavy atom. The Morgan fingerprint density at radius 1 is 1.30 bits per heavy atom. The van der Waals surface area contributed by atoms with Gasteiger partial charge in [0, 0.05) is 17.8 Å². The topological polar surface area (TPSA) is 68.2 Å². The van der Waals surface area contributed by atoms with Crippen LogP contribution in [0.25, 0.3) is 0 Å². The smallest absolute Gasteiger partial charge is 0.337 e. The second-order valence-corrected chi connectivity index (χ2v) is 6.63. The molecule has 0 aliphatic carbocycles. The SMILES string of the molecule is CCOC(=O)C1C(=O)C=C2N=C(c3ccc(OCC(C)C)cc3)C(F)=CN21. The van der Waals surface area contributed by atoms with Crippen molar-refractivity contribution < 1.29 is 23.5 Å². The molecule has 0 radical (unpaired) electrons. The maximum atomic E-state index is 14.6. The zero-order valence-electron chi connectivity index (χ0n) is 15.4. The second kappa shape index (κ2) is 7.73. The summed E-state index contributed by atoms with van der Waals surface area (Å²) in [7, 11) is 0. The van der Waals surface area contributed by atoms with Crippen LogP contribution >= 0.6 is 0 Å². The Labute approximate surface area is 157 Å². The Morgan fingerprint density at radius 3 is 2.63 bits per heavy atom. The minimum atomic E-state index is -1.22. The number of hydrogen-bond acceptors (Lipinski definition) is 6. The number of rotatable bonds is 6. The highest BCUT2D eigenvalue weighted by Gasteiger charge is 2.41. The van der Waals surface area contributed by atoms with Gasteiger partial charge in [-0.25, -0.2) is 14.2 Å². The lowest BCUT2D eigenvalue weighted by Crippen LogP contribution is -2.40. The molecule has 0 bridgehead atoms. The predicted octanol–water partition coefficient (Wildman–Crippen LogP) is 2.99. The molecule has 142 valence electrons. The normalized spacial score (nSPS) is 18.7. The molecule has 0 fully saturated rings. The zero-order chi connectivity index (χ0) is 19.6. The quantitative estimate of drug-likeness (QED) is 0.567. The summed E-state index contributed by atoms with van der Waals surface area (Å²) in [5.41, 5.74) is 0.651. The van der Waals surface area contributed by atoms with Gasteiger partial charge in [0.15, 0.2) is 17.7 Å². The fraction of sp³-hybridized carbons (Fsp3) is 0.350. The average Bonchev–Trinajstić information content (AvgIpc) is 2.94. The van der Waals surface area contributed by atoms with E-state index in [1.54, 1.807) is 31.2 Å². The van der Waals surface area contributed by atoms with Crippen molar-refractivity contribution in [3.63, 3.8) is 0 Å². The molecule has 1 aromatic carbocycles. The van der Waals surface area contributed by atoms with Crippen LogP contribution in [0.15, 0.2) is 53.2 Å². The zero-order valence-corrected chi connectivity index (χ0v) is 15.4. The van der Waals surface area contributed by atoms with Gasteiger partial charge in [-0.2, -0.15) is 0 Å². The molecule has 0 aromatic heterocycles. The maximum Gasteiger partial charge on any atom is 0.337 e. The summed E-state index contributed by atoms with van der Waals surface area (Å²) in [6, 6.07) is 5.68. The van der Waals surface area contributed by atoms with E-state index in [0.29, 0.717) is 23.8 Å². The molecule has 6 nitrogen and oxygen atoms in total. The number of fused-ring (bicyclic) bond motifs is 1. The number of halogens is 1. The molecule has 7 heteroatoms. The molecule has 0 saturated carbocycles. The van der Waals surface area contributed by atoms with Gasteiger partial charge in [0.2, 0.25) is 0 Å². The van der Waals surface area contributed by atoms with Crippen molar-refractivity contribution >= 4 is 17.5 Å². The van der Waals surface area contributed by atoms with Gasteiger partial charge in [0.25, 0.3) is 0 Å². The summed E-state index contributed by atoms with van der Waals surface area (Å²) < 4.78 is 25.2. The fourth-order valence-corrected chi connectivity index (χ4v) is 2.76. The van der Waals surface area contributed by atoms with Crippen molar-refractivity contribution in [3.8, 4) is 5.75 Å². The van der Waals surface area contributed by atoms with Gasteiger partial charge < -0.3 is 14.4 Å². The van der Waals surface area contributed by atoms with Crippen LogP contribution in [0.1, 0.15) is 26.3 Å². The first-order chi connectivity index (χ1) is 12.9. The maximum absolute atomic E-state index is 14.6. The molecule has 0 N–H and O–H groups in total. The summed E-state index contributed by atoms with van der Waals surface area (Å²) in [6.07, 6.45) is 2.34. The van der Waals surface area contributed by atoms with Crippen LogP contribution in [0.2, 0.25) is 0 Å². The predicted molar refractivity (Wildman–Crippen MR) is 97.9 cm³/mol. The van der Waals surface area contributed by atoms with E-state index in [2.05, 4.69) is 18.8 Å². The second-order valence-electron chi connectivity index (χ2n) is 6.63. The number of allylic oxidation sites excluding steroid dienone is 1. The third kappa shape index (κ3) is 3.92. The van der Waals surface area contributed by atoms with Crippen molar-refractivity contribution in [1.29, 1.82) is 0 Å². The third-order valence-electron chi connectivity index (χ3n) is 4.01. The molecule has 2 aliphatic rings. The lowest BCUT2D eigenvalue weighted by Gasteiger charge is -2.25. The average molecular weight is 372 g/mol. The number of benzene rings is 1. The number of ether oxygens (including phenoxy) is 2. The third-order valence-corrected chi connectivity index (χ3v) is 4.01. The molecule has 0 amide bonds. The Bertz CT molecular complexity index is 840. The summed E-state index contributed by atoms with van der Waals surface area (Å²) in [4.78, 5) is 29.5. The number of hydrogen-bond donors (Lipinski definition) is 0. The van der Waals surface area contributed by atoms with Gasteiger partial charge in [0.05, 0.1) is 13.2 Å². The van der Waals surface area contributed by atoms with Crippen LogP contribution in [-0.4, -0.2) is 41.6 Å². The van der Waals surface area contributed by atoms with E-state index in [-0.39, 0.29) is 18.1 Å². The van der Waals surface area contributed by atoms with Crippen LogP contribution < -0.4 is 4.74 Å². The van der Waals surface area contributed by atoms with Crippen molar-refractivity contribution in [2.24, 2.45) is 10.9 Å². The first-order valence-electron chi connectivity index (χ1n) is 8.80. The number of esters is 1. The number of ketones is 1. The lowest BCUT2D eigenvalue weighted by atomic mass is 10.1. The summed E-state index contributed by atoms with van der Waals surface area (Å²) in [6.45, 7) is 6.48. The van der Waals surface area contributed by atoms with E-state index in [1.807, 2.05) is 0 Å². The molecule has 1 unspecified atom stereocenters. The molecular formula is C20H21FN2O4. The van der Waals surface area contributed by atoms with Crippen molar-refractivity contribution in [1.82, 2.24) is 4.90 Å². The molecule has 0 spiro atoms. The summed E-state index contributed by atoms with van der Waals surface area (Å²) in [5.74, 6) is -0.523. The minimum absolute atomic E-state index is 0.102. The van der Waals surface area contributed by atoms with Crippen LogP contribution in [0.4, 0.5) is 4.39 Å². The standard InChI is InChI=1S/C20H21FN2O4/c1-4-26-20(25)19-16(24)9-17-22-18(15(21)10-23(17)19)13-5-7-14(8-6-13)27-11-12(2)3/h5-10,12,19H,4,11H2,1-3H3. The molecule has 2 heterocycles. The molecule has 3 rings (SSSR count). The first kappa shape index (κ1) is 18.8. The van der Waals surface area contributed by atoms with Gasteiger partial charge >= 0.3 is 5.97 Å². The lowest BCUT2D eigenvalue weighted by molar-refractivity contribution is -0.149. The van der Waals surface area contributed by atoms with E-state index >= 15 is 0 Å². The number of carbonyl (C=O) groups is 2. The Hall–Kier alpha value is -2.96. The minimum Gasteiger partial charge on any atom is -0.493 e. The summed E-state index contributed by atoms with van der Waals surface area (Å²) >= 11 is 0. The highest BCUT2D eigenvalue weighted by atomic mass is 19.1. The summed E-state index contributed by atoms with van der Waals surface area (Å²) in [5, 5.41) is 0. The van der Waals surface area contributed by atoms with Crippen molar-refractivity contribution in [2.45, 2.75) is 26.8 Å². The van der Waals surface area contributed by atoms with E-state index in [9.17, 15) is 14.0 Å². The van der Waals surface area contributed by atoms with E-state index in [0.717, 1.165) is 6.20 Å². The molecule has 1 aromatic rings. The number of carbonyl (C=O) groups excluding carboxylic acids is 2. The van der Waals surface area contributed by atoms with Crippen molar-refractivity contribution in [2.75, 3.05) is 13.2 Å². The number of nitrogens with zero attached hydrogens (tertiary/aromatic N) is 2. The van der Waals surface area contributed by atoms with Crippen LogP contribution in [0.3, 0.4) is 0 Å². The molecule has 1 atom stereocenters. The highest BCUT2D eigenvalue weighted by Crippen LogP contribution is 2.30. The van der Waals surface area contributed by atoms with Gasteiger partial charge in [-0.15, -0.1) is 0 Å². The van der Waals surface area contributed by atoms with Crippen LogP contribution in [-0.2, 0) is 14.3 Å². The fourth-order valence-electron chi connectivity index (χ4n) is 2.76. The van der Waals surface area contributed by atoms with Gasteiger partial charge in [-0.05, 0) is 37.1 Å². The number of aliphatic imine (C=N–C) groups is 1. The van der Waals surface area contributed by atoms with E-state index in [1.165, 1.54) is 11.0 Å². The molecule has 0 saturated heterocycles.